The zero-order valence-electron chi connectivity index (χ0n) is 16.5. The normalized spacial score (nSPS) is 10.7. The molecule has 3 rings (SSSR count). The lowest BCUT2D eigenvalue weighted by Crippen LogP contribution is -2.02. The minimum Gasteiger partial charge on any atom is -0.489 e. The van der Waals surface area contributed by atoms with Crippen LogP contribution in [0.15, 0.2) is 59.7 Å². The van der Waals surface area contributed by atoms with E-state index in [1.165, 1.54) is 7.11 Å². The van der Waals surface area contributed by atoms with Gasteiger partial charge in [-0.3, -0.25) is 0 Å². The molecule has 1 heterocycles. The Balaban J connectivity index is 1.52. The lowest BCUT2D eigenvalue weighted by Gasteiger charge is -2.07. The predicted molar refractivity (Wildman–Crippen MR) is 111 cm³/mol. The molecule has 0 saturated carbocycles. The van der Waals surface area contributed by atoms with Crippen LogP contribution in [0.3, 0.4) is 0 Å². The van der Waals surface area contributed by atoms with Crippen LogP contribution < -0.4 is 10.2 Å². The summed E-state index contributed by atoms with van der Waals surface area (Å²) >= 11 is 0. The summed E-state index contributed by atoms with van der Waals surface area (Å²) in [6.45, 7) is 4.23. The van der Waals surface area contributed by atoms with Gasteiger partial charge in [-0.1, -0.05) is 12.1 Å². The number of nitrogens with zero attached hydrogens (tertiary/aromatic N) is 3. The molecule has 0 amide bonds. The van der Waals surface area contributed by atoms with E-state index in [1.807, 2.05) is 56.3 Å². The van der Waals surface area contributed by atoms with Crippen LogP contribution in [-0.2, 0) is 11.3 Å². The molecule has 0 saturated heterocycles. The largest absolute Gasteiger partial charge is 0.489 e. The van der Waals surface area contributed by atoms with Gasteiger partial charge in [0, 0.05) is 11.4 Å². The van der Waals surface area contributed by atoms with E-state index in [4.69, 9.17) is 4.74 Å². The van der Waals surface area contributed by atoms with Crippen molar-refractivity contribution in [2.45, 2.75) is 20.5 Å². The molecular weight excluding hydrogens is 368 g/mol. The number of aryl methyl sites for hydroxylation is 2. The fourth-order valence-corrected chi connectivity index (χ4v) is 2.61. The van der Waals surface area contributed by atoms with Gasteiger partial charge in [0.1, 0.15) is 12.4 Å². The highest BCUT2D eigenvalue weighted by molar-refractivity contribution is 5.89. The van der Waals surface area contributed by atoms with Gasteiger partial charge in [0.25, 0.3) is 0 Å². The Morgan fingerprint density at radius 1 is 1.03 bits per heavy atom. The maximum absolute atomic E-state index is 11.4. The maximum atomic E-state index is 11.4. The summed E-state index contributed by atoms with van der Waals surface area (Å²) in [7, 11) is 1.36. The lowest BCUT2D eigenvalue weighted by molar-refractivity contribution is 0.0600. The Kier molecular flexibility index (Phi) is 6.52. The minimum absolute atomic E-state index is 0.353. The van der Waals surface area contributed by atoms with Crippen LogP contribution in [0.4, 0.5) is 5.95 Å². The topological polar surface area (TPSA) is 85.7 Å². The van der Waals surface area contributed by atoms with Gasteiger partial charge in [-0.2, -0.15) is 5.10 Å². The predicted octanol–water partition coefficient (Wildman–Crippen LogP) is 3.91. The van der Waals surface area contributed by atoms with Crippen molar-refractivity contribution in [3.63, 3.8) is 0 Å². The highest BCUT2D eigenvalue weighted by Gasteiger charge is 2.04. The third-order valence-electron chi connectivity index (χ3n) is 4.02. The number of hydrogen-bond acceptors (Lipinski definition) is 7. The number of carbonyl (C=O) groups is 1. The number of ether oxygens (including phenoxy) is 2. The molecule has 0 unspecified atom stereocenters. The van der Waals surface area contributed by atoms with Crippen molar-refractivity contribution in [1.82, 2.24) is 9.97 Å². The summed E-state index contributed by atoms with van der Waals surface area (Å²) < 4.78 is 10.5. The van der Waals surface area contributed by atoms with Gasteiger partial charge in [-0.25, -0.2) is 20.2 Å². The van der Waals surface area contributed by atoms with Gasteiger partial charge in [0.05, 0.1) is 18.9 Å². The number of esters is 1. The molecule has 0 spiro atoms. The van der Waals surface area contributed by atoms with Gasteiger partial charge in [-0.15, -0.1) is 0 Å². The van der Waals surface area contributed by atoms with Crippen molar-refractivity contribution >= 4 is 18.1 Å². The van der Waals surface area contributed by atoms with E-state index in [9.17, 15) is 4.79 Å². The third kappa shape index (κ3) is 5.87. The second kappa shape index (κ2) is 9.45. The molecule has 1 aromatic heterocycles. The van der Waals surface area contributed by atoms with E-state index in [-0.39, 0.29) is 5.97 Å². The molecule has 29 heavy (non-hydrogen) atoms. The molecule has 1 N–H and O–H groups in total. The molecule has 2 aromatic carbocycles. The number of hydrogen-bond donors (Lipinski definition) is 1. The summed E-state index contributed by atoms with van der Waals surface area (Å²) in [5, 5.41) is 4.17. The summed E-state index contributed by atoms with van der Waals surface area (Å²) in [4.78, 5) is 20.0. The number of hydrazone groups is 1. The quantitative estimate of drug-likeness (QED) is 0.374. The second-order valence-corrected chi connectivity index (χ2v) is 6.39. The lowest BCUT2D eigenvalue weighted by atomic mass is 10.1. The summed E-state index contributed by atoms with van der Waals surface area (Å²) in [6, 6.07) is 16.6. The number of carbonyl (C=O) groups excluding carboxylic acids is 1. The summed E-state index contributed by atoms with van der Waals surface area (Å²) in [6.07, 6.45) is 1.69. The average Bonchev–Trinajstić information content (AvgIpc) is 2.72. The van der Waals surface area contributed by atoms with Gasteiger partial charge in [0.2, 0.25) is 5.95 Å². The first-order valence-electron chi connectivity index (χ1n) is 9.05. The van der Waals surface area contributed by atoms with Gasteiger partial charge >= 0.3 is 5.97 Å². The molecule has 0 fully saturated rings. The number of methoxy groups -OCH3 is 1. The number of rotatable bonds is 7. The zero-order chi connectivity index (χ0) is 20.6. The number of nitrogens with one attached hydrogen (secondary N) is 1. The van der Waals surface area contributed by atoms with Crippen molar-refractivity contribution in [2.75, 3.05) is 12.5 Å². The molecular formula is C22H22N4O3. The van der Waals surface area contributed by atoms with E-state index in [0.717, 1.165) is 28.3 Å². The van der Waals surface area contributed by atoms with Crippen LogP contribution in [0.1, 0.15) is 32.9 Å². The molecule has 0 radical (unpaired) electrons. The summed E-state index contributed by atoms with van der Waals surface area (Å²) in [5.41, 5.74) is 6.99. The van der Waals surface area contributed by atoms with Crippen molar-refractivity contribution in [3.05, 3.63) is 82.7 Å². The van der Waals surface area contributed by atoms with Crippen molar-refractivity contribution in [3.8, 4) is 5.75 Å². The van der Waals surface area contributed by atoms with Gasteiger partial charge in [-0.05, 0) is 67.4 Å². The molecule has 7 nitrogen and oxygen atoms in total. The van der Waals surface area contributed by atoms with Crippen molar-refractivity contribution in [1.29, 1.82) is 0 Å². The van der Waals surface area contributed by atoms with Gasteiger partial charge in [0.15, 0.2) is 0 Å². The molecule has 0 bridgehead atoms. The van der Waals surface area contributed by atoms with E-state index < -0.39 is 0 Å². The van der Waals surface area contributed by atoms with E-state index in [1.54, 1.807) is 18.3 Å². The molecule has 7 heteroatoms. The Bertz CT molecular complexity index is 979. The minimum atomic E-state index is -0.353. The first-order valence-corrected chi connectivity index (χ1v) is 9.05. The van der Waals surface area contributed by atoms with Gasteiger partial charge < -0.3 is 9.47 Å². The highest BCUT2D eigenvalue weighted by atomic mass is 16.5. The highest BCUT2D eigenvalue weighted by Crippen LogP contribution is 2.14. The fourth-order valence-electron chi connectivity index (χ4n) is 2.61. The van der Waals surface area contributed by atoms with Crippen LogP contribution in [0.5, 0.6) is 5.75 Å². The molecule has 0 aliphatic carbocycles. The molecule has 0 atom stereocenters. The van der Waals surface area contributed by atoms with Crippen LogP contribution in [0.25, 0.3) is 0 Å². The zero-order valence-corrected chi connectivity index (χ0v) is 16.5. The SMILES string of the molecule is COC(=O)c1ccc(COc2ccc(/C=N/Nc3nc(C)cc(C)n3)cc2)cc1. The summed E-state index contributed by atoms with van der Waals surface area (Å²) in [5.74, 6) is 0.857. The first-order chi connectivity index (χ1) is 14.0. The second-order valence-electron chi connectivity index (χ2n) is 6.39. The molecule has 148 valence electrons. The Labute approximate surface area is 169 Å². The Morgan fingerprint density at radius 2 is 1.69 bits per heavy atom. The third-order valence-corrected chi connectivity index (χ3v) is 4.02. The number of anilines is 1. The monoisotopic (exact) mass is 390 g/mol. The van der Waals surface area contributed by atoms with Crippen LogP contribution >= 0.6 is 0 Å². The Hall–Kier alpha value is -3.74. The van der Waals surface area contributed by atoms with Crippen LogP contribution in [-0.4, -0.2) is 29.3 Å². The number of benzene rings is 2. The fraction of sp³-hybridized carbons (Fsp3) is 0.182. The first kappa shape index (κ1) is 20.0. The average molecular weight is 390 g/mol. The molecule has 3 aromatic rings. The number of aromatic nitrogens is 2. The van der Waals surface area contributed by atoms with E-state index in [2.05, 4.69) is 25.2 Å². The van der Waals surface area contributed by atoms with Crippen molar-refractivity contribution < 1.29 is 14.3 Å². The molecule has 0 aliphatic rings. The smallest absolute Gasteiger partial charge is 0.337 e. The van der Waals surface area contributed by atoms with Crippen molar-refractivity contribution in [2.24, 2.45) is 5.10 Å². The standard InChI is InChI=1S/C22H22N4O3/c1-15-12-16(2)25-22(24-15)26-23-13-17-6-10-20(11-7-17)29-14-18-4-8-19(9-5-18)21(27)28-3/h4-13H,14H2,1-3H3,(H,24,25,26)/b23-13+. The maximum Gasteiger partial charge on any atom is 0.337 e. The Morgan fingerprint density at radius 3 is 2.31 bits per heavy atom. The molecule has 0 aliphatic heterocycles. The van der Waals surface area contributed by atoms with Crippen LogP contribution in [0, 0.1) is 13.8 Å². The van der Waals surface area contributed by atoms with Crippen LogP contribution in [0.2, 0.25) is 0 Å². The van der Waals surface area contributed by atoms with E-state index >= 15 is 0 Å². The van der Waals surface area contributed by atoms with E-state index in [0.29, 0.717) is 18.1 Å².